The zero-order valence-corrected chi connectivity index (χ0v) is 21.1. The third kappa shape index (κ3) is 5.03. The number of nitrogens with one attached hydrogen (secondary N) is 3. The van der Waals surface area contributed by atoms with E-state index in [0.29, 0.717) is 55.0 Å². The number of fused-ring (bicyclic) bond motifs is 1. The van der Waals surface area contributed by atoms with Gasteiger partial charge in [0.2, 0.25) is 0 Å². The molecule has 2 aliphatic rings. The number of anilines is 4. The number of aliphatic hydroxyl groups is 1. The first-order valence-corrected chi connectivity index (χ1v) is 12.6. The van der Waals surface area contributed by atoms with Crippen LogP contribution in [-0.2, 0) is 10.8 Å². The predicted molar refractivity (Wildman–Crippen MR) is 142 cm³/mol. The average Bonchev–Trinajstić information content (AvgIpc) is 3.55. The van der Waals surface area contributed by atoms with Gasteiger partial charge in [0.25, 0.3) is 17.7 Å². The van der Waals surface area contributed by atoms with E-state index in [4.69, 9.17) is 9.26 Å². The van der Waals surface area contributed by atoms with Gasteiger partial charge < -0.3 is 29.9 Å². The molecule has 4 heterocycles. The SMILES string of the molecule is O=C1NC(F)(F)c2cc(Nc3cc(N[C@H](CO)c4ccccc4)c(-c4nc(N5CCOCC5)no4)cn3)ccc21. The summed E-state index contributed by atoms with van der Waals surface area (Å²) in [6.45, 7) is 2.18. The maximum atomic E-state index is 14.2. The predicted octanol–water partition coefficient (Wildman–Crippen LogP) is 3.65. The van der Waals surface area contributed by atoms with Crippen LogP contribution in [0.5, 0.6) is 0 Å². The molecule has 1 saturated heterocycles. The van der Waals surface area contributed by atoms with Gasteiger partial charge in [-0.1, -0.05) is 30.3 Å². The molecule has 2 aromatic heterocycles. The van der Waals surface area contributed by atoms with Gasteiger partial charge in [0.05, 0.1) is 48.2 Å². The van der Waals surface area contributed by atoms with E-state index >= 15 is 0 Å². The number of alkyl halides is 2. The second-order valence-electron chi connectivity index (χ2n) is 9.32. The lowest BCUT2D eigenvalue weighted by Crippen LogP contribution is -2.36. The van der Waals surface area contributed by atoms with Crippen molar-refractivity contribution in [2.75, 3.05) is 48.4 Å². The maximum absolute atomic E-state index is 14.2. The average molecular weight is 550 g/mol. The number of halogens is 2. The molecular formula is C27H25F2N7O4. The summed E-state index contributed by atoms with van der Waals surface area (Å²) in [5.41, 5.74) is 1.67. The first kappa shape index (κ1) is 25.6. The minimum Gasteiger partial charge on any atom is -0.394 e. The van der Waals surface area contributed by atoms with Crippen molar-refractivity contribution < 1.29 is 27.9 Å². The van der Waals surface area contributed by atoms with Crippen molar-refractivity contribution >= 4 is 29.0 Å². The molecule has 4 aromatic rings. The van der Waals surface area contributed by atoms with Gasteiger partial charge in [-0.15, -0.1) is 0 Å². The first-order valence-electron chi connectivity index (χ1n) is 12.6. The highest BCUT2D eigenvalue weighted by atomic mass is 19.3. The van der Waals surface area contributed by atoms with Crippen LogP contribution in [0, 0.1) is 0 Å². The Bertz CT molecular complexity index is 1530. The van der Waals surface area contributed by atoms with E-state index in [0.717, 1.165) is 5.56 Å². The Balaban J connectivity index is 1.34. The number of pyridine rings is 1. The van der Waals surface area contributed by atoms with Crippen molar-refractivity contribution in [3.63, 3.8) is 0 Å². The van der Waals surface area contributed by atoms with Gasteiger partial charge in [0.15, 0.2) is 0 Å². The third-order valence-corrected chi connectivity index (χ3v) is 6.70. The third-order valence-electron chi connectivity index (χ3n) is 6.70. The molecule has 1 fully saturated rings. The van der Waals surface area contributed by atoms with Gasteiger partial charge in [0, 0.05) is 31.0 Å². The van der Waals surface area contributed by atoms with E-state index in [2.05, 4.69) is 25.8 Å². The lowest BCUT2D eigenvalue weighted by Gasteiger charge is -2.24. The summed E-state index contributed by atoms with van der Waals surface area (Å²) in [6.07, 6.45) is 1.52. The molecule has 0 aliphatic carbocycles. The molecule has 0 unspecified atom stereocenters. The van der Waals surface area contributed by atoms with Gasteiger partial charge in [-0.2, -0.15) is 13.8 Å². The van der Waals surface area contributed by atoms with Crippen LogP contribution in [0.2, 0.25) is 0 Å². The summed E-state index contributed by atoms with van der Waals surface area (Å²) >= 11 is 0. The zero-order chi connectivity index (χ0) is 27.7. The van der Waals surface area contributed by atoms with Gasteiger partial charge in [-0.25, -0.2) is 4.98 Å². The number of carbonyl (C=O) groups excluding carboxylic acids is 1. The number of aliphatic hydroxyl groups excluding tert-OH is 1. The van der Waals surface area contributed by atoms with Crippen LogP contribution >= 0.6 is 0 Å². The van der Waals surface area contributed by atoms with Crippen LogP contribution in [0.3, 0.4) is 0 Å². The van der Waals surface area contributed by atoms with Crippen LogP contribution in [0.1, 0.15) is 27.5 Å². The Kier molecular flexibility index (Phi) is 6.74. The fourth-order valence-corrected chi connectivity index (χ4v) is 4.64. The number of hydrogen-bond acceptors (Lipinski definition) is 10. The summed E-state index contributed by atoms with van der Waals surface area (Å²) in [5, 5.41) is 22.3. The normalized spacial score (nSPS) is 16.8. The number of hydrogen-bond donors (Lipinski definition) is 4. The summed E-state index contributed by atoms with van der Waals surface area (Å²) in [7, 11) is 0. The Hall–Kier alpha value is -4.62. The van der Waals surface area contributed by atoms with E-state index in [9.17, 15) is 18.7 Å². The van der Waals surface area contributed by atoms with Crippen molar-refractivity contribution in [2.24, 2.45) is 0 Å². The lowest BCUT2D eigenvalue weighted by molar-refractivity contribution is -0.0241. The Morgan fingerprint density at radius 2 is 1.90 bits per heavy atom. The molecule has 2 aromatic carbocycles. The molecule has 11 nitrogen and oxygen atoms in total. The van der Waals surface area contributed by atoms with Crippen molar-refractivity contribution in [3.05, 3.63) is 77.5 Å². The smallest absolute Gasteiger partial charge is 0.353 e. The number of benzene rings is 2. The molecule has 13 heteroatoms. The van der Waals surface area contributed by atoms with Crippen LogP contribution in [0.15, 0.2) is 65.3 Å². The van der Waals surface area contributed by atoms with Crippen molar-refractivity contribution in [2.45, 2.75) is 12.1 Å². The Morgan fingerprint density at radius 1 is 1.10 bits per heavy atom. The molecule has 1 atom stereocenters. The molecule has 1 amide bonds. The monoisotopic (exact) mass is 549 g/mol. The quantitative estimate of drug-likeness (QED) is 0.241. The van der Waals surface area contributed by atoms with Crippen molar-refractivity contribution in [3.8, 4) is 11.5 Å². The Morgan fingerprint density at radius 3 is 2.67 bits per heavy atom. The molecular weight excluding hydrogens is 524 g/mol. The second kappa shape index (κ2) is 10.5. The molecule has 6 rings (SSSR count). The summed E-state index contributed by atoms with van der Waals surface area (Å²) in [5.74, 6) is 0.141. The van der Waals surface area contributed by atoms with E-state index < -0.39 is 23.6 Å². The second-order valence-corrected chi connectivity index (χ2v) is 9.32. The number of amides is 1. The Labute approximate surface area is 227 Å². The zero-order valence-electron chi connectivity index (χ0n) is 21.1. The number of morpholine rings is 1. The van der Waals surface area contributed by atoms with Crippen LogP contribution in [-0.4, -0.2) is 59.0 Å². The van der Waals surface area contributed by atoms with E-state index in [-0.39, 0.29) is 18.1 Å². The number of carbonyl (C=O) groups is 1. The number of rotatable bonds is 8. The van der Waals surface area contributed by atoms with Gasteiger partial charge in [-0.3, -0.25) is 10.1 Å². The number of ether oxygens (including phenoxy) is 1. The molecule has 0 spiro atoms. The minimum absolute atomic E-state index is 0.0812. The lowest BCUT2D eigenvalue weighted by atomic mass is 10.1. The van der Waals surface area contributed by atoms with Crippen LogP contribution in [0.4, 0.5) is 31.9 Å². The van der Waals surface area contributed by atoms with Crippen molar-refractivity contribution in [1.29, 1.82) is 0 Å². The largest absolute Gasteiger partial charge is 0.394 e. The molecule has 4 N–H and O–H groups in total. The van der Waals surface area contributed by atoms with Gasteiger partial charge in [-0.05, 0) is 28.9 Å². The first-order chi connectivity index (χ1) is 19.4. The topological polar surface area (TPSA) is 138 Å². The molecule has 0 radical (unpaired) electrons. The minimum atomic E-state index is -3.46. The highest BCUT2D eigenvalue weighted by molar-refractivity contribution is 6.00. The summed E-state index contributed by atoms with van der Waals surface area (Å²) < 4.78 is 39.5. The van der Waals surface area contributed by atoms with E-state index in [1.54, 1.807) is 11.4 Å². The fourth-order valence-electron chi connectivity index (χ4n) is 4.64. The molecule has 40 heavy (non-hydrogen) atoms. The van der Waals surface area contributed by atoms with Gasteiger partial charge in [0.1, 0.15) is 5.82 Å². The van der Waals surface area contributed by atoms with E-state index in [1.165, 1.54) is 24.4 Å². The number of aromatic nitrogens is 3. The molecule has 0 saturated carbocycles. The van der Waals surface area contributed by atoms with Crippen LogP contribution < -0.4 is 20.9 Å². The van der Waals surface area contributed by atoms with Gasteiger partial charge >= 0.3 is 6.05 Å². The standard InChI is InChI=1S/C27H25F2N7O4/c28-27(29)20-12-17(6-7-18(20)24(38)34-27)31-23-13-21(32-22(15-37)16-4-2-1-3-5-16)19(14-30-23)25-33-26(35-40-25)36-8-10-39-11-9-36/h1-7,12-14,22,37H,8-11,15H2,(H,34,38)(H2,30,31,32)/t22-/m1/s1. The fraction of sp³-hybridized carbons (Fsp3) is 0.259. The molecule has 0 bridgehead atoms. The molecule has 2 aliphatic heterocycles. The molecule has 206 valence electrons. The highest BCUT2D eigenvalue weighted by Gasteiger charge is 2.44. The number of nitrogens with zero attached hydrogens (tertiary/aromatic N) is 4. The maximum Gasteiger partial charge on any atom is 0.353 e. The summed E-state index contributed by atoms with van der Waals surface area (Å²) in [6, 6.07) is 11.2. The van der Waals surface area contributed by atoms with Crippen LogP contribution in [0.25, 0.3) is 11.5 Å². The summed E-state index contributed by atoms with van der Waals surface area (Å²) in [4.78, 5) is 22.8. The van der Waals surface area contributed by atoms with Crippen molar-refractivity contribution in [1.82, 2.24) is 20.4 Å². The highest BCUT2D eigenvalue weighted by Crippen LogP contribution is 2.37. The van der Waals surface area contributed by atoms with E-state index in [1.807, 2.05) is 35.2 Å².